The molecular weight excluding hydrogens is 196 g/mol. The first-order chi connectivity index (χ1) is 7.12. The van der Waals surface area contributed by atoms with Crippen molar-refractivity contribution in [3.05, 3.63) is 12.2 Å². The third-order valence-corrected chi connectivity index (χ3v) is 2.87. The van der Waals surface area contributed by atoms with Gasteiger partial charge in [0.25, 0.3) is 0 Å². The molecule has 2 atom stereocenters. The Kier molecular flexibility index (Phi) is 2.50. The number of ether oxygens (including phenoxy) is 2. The minimum Gasteiger partial charge on any atom is -0.455 e. The second-order valence-electron chi connectivity index (χ2n) is 4.04. The highest BCUT2D eigenvalue weighted by Crippen LogP contribution is 2.34. The molecule has 0 aromatic rings. The second kappa shape index (κ2) is 3.68. The first-order valence-corrected chi connectivity index (χ1v) is 5.20. The third kappa shape index (κ3) is 1.89. The van der Waals surface area contributed by atoms with Crippen LogP contribution in [0.3, 0.4) is 0 Å². The van der Waals surface area contributed by atoms with E-state index < -0.39 is 17.5 Å². The summed E-state index contributed by atoms with van der Waals surface area (Å²) in [6.07, 6.45) is 6.33. The van der Waals surface area contributed by atoms with E-state index in [1.807, 2.05) is 12.2 Å². The lowest BCUT2D eigenvalue weighted by atomic mass is 9.86. The highest BCUT2D eigenvalue weighted by Gasteiger charge is 2.47. The predicted octanol–water partition coefficient (Wildman–Crippen LogP) is 1.34. The van der Waals surface area contributed by atoms with Crippen LogP contribution in [0, 0.1) is 0 Å². The Bertz CT molecular complexity index is 321. The van der Waals surface area contributed by atoms with Crippen LogP contribution < -0.4 is 0 Å². The van der Waals surface area contributed by atoms with Crippen molar-refractivity contribution in [3.63, 3.8) is 0 Å². The number of esters is 2. The van der Waals surface area contributed by atoms with Crippen molar-refractivity contribution >= 4 is 11.9 Å². The van der Waals surface area contributed by atoms with Crippen molar-refractivity contribution in [2.45, 2.75) is 44.3 Å². The SMILES string of the molecule is CC(=O)OC12CCC=CC(CC1)OC2=O. The summed E-state index contributed by atoms with van der Waals surface area (Å²) in [5.41, 5.74) is -1.02. The smallest absolute Gasteiger partial charge is 0.351 e. The Morgan fingerprint density at radius 3 is 3.07 bits per heavy atom. The maximum absolute atomic E-state index is 11.8. The van der Waals surface area contributed by atoms with Gasteiger partial charge in [0.2, 0.25) is 5.60 Å². The molecule has 1 saturated heterocycles. The lowest BCUT2D eigenvalue weighted by Crippen LogP contribution is -2.50. The van der Waals surface area contributed by atoms with Gasteiger partial charge in [0.1, 0.15) is 6.10 Å². The summed E-state index contributed by atoms with van der Waals surface area (Å²) >= 11 is 0. The van der Waals surface area contributed by atoms with E-state index in [0.717, 1.165) is 12.8 Å². The summed E-state index contributed by atoms with van der Waals surface area (Å²) < 4.78 is 10.4. The molecule has 15 heavy (non-hydrogen) atoms. The van der Waals surface area contributed by atoms with Crippen LogP contribution in [-0.2, 0) is 19.1 Å². The third-order valence-electron chi connectivity index (χ3n) is 2.87. The van der Waals surface area contributed by atoms with Gasteiger partial charge in [0, 0.05) is 19.8 Å². The minimum absolute atomic E-state index is 0.138. The van der Waals surface area contributed by atoms with Crippen molar-refractivity contribution in [2.24, 2.45) is 0 Å². The van der Waals surface area contributed by atoms with Crippen LogP contribution in [0.2, 0.25) is 0 Å². The van der Waals surface area contributed by atoms with Gasteiger partial charge in [-0.05, 0) is 18.9 Å². The normalized spacial score (nSPS) is 34.2. The Hall–Kier alpha value is -1.32. The molecule has 3 rings (SSSR count). The highest BCUT2D eigenvalue weighted by molar-refractivity contribution is 5.84. The summed E-state index contributed by atoms with van der Waals surface area (Å²) in [6.45, 7) is 1.32. The Labute approximate surface area is 88.2 Å². The van der Waals surface area contributed by atoms with Crippen molar-refractivity contribution in [3.8, 4) is 0 Å². The molecule has 0 aromatic carbocycles. The Balaban J connectivity index is 2.24. The van der Waals surface area contributed by atoms with Crippen LogP contribution in [0.5, 0.6) is 0 Å². The molecule has 2 heterocycles. The van der Waals surface area contributed by atoms with Crippen molar-refractivity contribution in [1.82, 2.24) is 0 Å². The number of carbonyl (C=O) groups excluding carboxylic acids is 2. The second-order valence-corrected chi connectivity index (χ2v) is 4.04. The van der Waals surface area contributed by atoms with E-state index in [2.05, 4.69) is 0 Å². The largest absolute Gasteiger partial charge is 0.455 e. The Morgan fingerprint density at radius 2 is 2.40 bits per heavy atom. The Morgan fingerprint density at radius 1 is 1.60 bits per heavy atom. The van der Waals surface area contributed by atoms with Gasteiger partial charge in [-0.2, -0.15) is 0 Å². The fourth-order valence-corrected chi connectivity index (χ4v) is 2.13. The van der Waals surface area contributed by atoms with E-state index in [1.54, 1.807) is 0 Å². The number of allylic oxidation sites excluding steroid dienone is 1. The zero-order chi connectivity index (χ0) is 10.9. The number of hydrogen-bond donors (Lipinski definition) is 0. The van der Waals surface area contributed by atoms with Crippen LogP contribution >= 0.6 is 0 Å². The average molecular weight is 210 g/mol. The molecule has 3 aliphatic rings. The van der Waals surface area contributed by atoms with Crippen molar-refractivity contribution in [1.29, 1.82) is 0 Å². The van der Waals surface area contributed by atoms with E-state index >= 15 is 0 Å². The molecule has 2 aliphatic heterocycles. The molecule has 0 radical (unpaired) electrons. The van der Waals surface area contributed by atoms with E-state index in [4.69, 9.17) is 9.47 Å². The number of carbonyl (C=O) groups is 2. The number of fused-ring (bicyclic) bond motifs is 4. The van der Waals surface area contributed by atoms with E-state index in [0.29, 0.717) is 12.8 Å². The highest BCUT2D eigenvalue weighted by atomic mass is 16.6. The molecule has 0 spiro atoms. The molecule has 2 unspecified atom stereocenters. The van der Waals surface area contributed by atoms with Gasteiger partial charge in [0.05, 0.1) is 0 Å². The van der Waals surface area contributed by atoms with Crippen LogP contribution in [0.25, 0.3) is 0 Å². The van der Waals surface area contributed by atoms with Crippen LogP contribution in [0.1, 0.15) is 32.6 Å². The molecule has 0 N–H and O–H groups in total. The summed E-state index contributed by atoms with van der Waals surface area (Å²) in [5.74, 6) is -0.812. The number of rotatable bonds is 1. The molecular formula is C11H14O4. The van der Waals surface area contributed by atoms with Gasteiger partial charge >= 0.3 is 11.9 Å². The molecule has 0 aromatic heterocycles. The molecule has 1 fully saturated rings. The van der Waals surface area contributed by atoms with Gasteiger partial charge in [0.15, 0.2) is 0 Å². The molecule has 4 nitrogen and oxygen atoms in total. The molecule has 0 amide bonds. The van der Waals surface area contributed by atoms with E-state index in [-0.39, 0.29) is 6.10 Å². The van der Waals surface area contributed by atoms with E-state index in [9.17, 15) is 9.59 Å². The van der Waals surface area contributed by atoms with Gasteiger partial charge in [-0.3, -0.25) is 4.79 Å². The van der Waals surface area contributed by atoms with Crippen LogP contribution in [-0.4, -0.2) is 23.6 Å². The molecule has 82 valence electrons. The zero-order valence-electron chi connectivity index (χ0n) is 8.69. The van der Waals surface area contributed by atoms with Crippen molar-refractivity contribution < 1.29 is 19.1 Å². The lowest BCUT2D eigenvalue weighted by Gasteiger charge is -2.37. The van der Waals surface area contributed by atoms with Crippen molar-refractivity contribution in [2.75, 3.05) is 0 Å². The zero-order valence-corrected chi connectivity index (χ0v) is 8.69. The summed E-state index contributed by atoms with van der Waals surface area (Å²) in [4.78, 5) is 22.7. The molecule has 0 saturated carbocycles. The van der Waals surface area contributed by atoms with Gasteiger partial charge in [-0.1, -0.05) is 6.08 Å². The van der Waals surface area contributed by atoms with Gasteiger partial charge in [-0.15, -0.1) is 0 Å². The van der Waals surface area contributed by atoms with E-state index in [1.165, 1.54) is 6.92 Å². The first-order valence-electron chi connectivity index (χ1n) is 5.20. The molecule has 1 aliphatic carbocycles. The topological polar surface area (TPSA) is 52.6 Å². The monoisotopic (exact) mass is 210 g/mol. The fourth-order valence-electron chi connectivity index (χ4n) is 2.13. The minimum atomic E-state index is -1.02. The van der Waals surface area contributed by atoms with Gasteiger partial charge in [-0.25, -0.2) is 4.79 Å². The summed E-state index contributed by atoms with van der Waals surface area (Å²) in [6, 6.07) is 0. The maximum Gasteiger partial charge on any atom is 0.351 e. The quantitative estimate of drug-likeness (QED) is 0.484. The standard InChI is InChI=1S/C11H14O4/c1-8(12)15-11-6-3-2-4-9(5-7-11)14-10(11)13/h2,4,9H,3,5-7H2,1H3. The van der Waals surface area contributed by atoms with Crippen LogP contribution in [0.4, 0.5) is 0 Å². The summed E-state index contributed by atoms with van der Waals surface area (Å²) in [7, 11) is 0. The first kappa shape index (κ1) is 10.2. The molecule has 4 heteroatoms. The average Bonchev–Trinajstić information content (AvgIpc) is 2.12. The lowest BCUT2D eigenvalue weighted by molar-refractivity contribution is -0.194. The summed E-state index contributed by atoms with van der Waals surface area (Å²) in [5, 5.41) is 0. The maximum atomic E-state index is 11.8. The van der Waals surface area contributed by atoms with Gasteiger partial charge < -0.3 is 9.47 Å². The van der Waals surface area contributed by atoms with Crippen LogP contribution in [0.15, 0.2) is 12.2 Å². The predicted molar refractivity (Wildman–Crippen MR) is 52.0 cm³/mol. The fraction of sp³-hybridized carbons (Fsp3) is 0.636. The molecule has 2 bridgehead atoms. The number of hydrogen-bond acceptors (Lipinski definition) is 4.